The maximum atomic E-state index is 10.6. The molecule has 0 heterocycles. The Hall–Kier alpha value is -0.590. The standard InChI is InChI=1S/C10H16O/c1-7-4-5-10(6-11)9(3)8(7)2/h4,6,8-10H,5H2,1-3H3. The molecule has 0 aromatic heterocycles. The van der Waals surface area contributed by atoms with Crippen molar-refractivity contribution in [3.63, 3.8) is 0 Å². The second kappa shape index (κ2) is 3.21. The molecular weight excluding hydrogens is 136 g/mol. The third-order valence-corrected chi connectivity index (χ3v) is 3.07. The van der Waals surface area contributed by atoms with Gasteiger partial charge >= 0.3 is 0 Å². The van der Waals surface area contributed by atoms with E-state index in [0.29, 0.717) is 11.8 Å². The van der Waals surface area contributed by atoms with Crippen molar-refractivity contribution >= 4 is 6.29 Å². The third-order valence-electron chi connectivity index (χ3n) is 3.07. The van der Waals surface area contributed by atoms with Gasteiger partial charge in [0.2, 0.25) is 0 Å². The lowest BCUT2D eigenvalue weighted by Gasteiger charge is -2.29. The summed E-state index contributed by atoms with van der Waals surface area (Å²) >= 11 is 0. The van der Waals surface area contributed by atoms with Crippen molar-refractivity contribution in [2.45, 2.75) is 27.2 Å². The van der Waals surface area contributed by atoms with E-state index in [-0.39, 0.29) is 5.92 Å². The largest absolute Gasteiger partial charge is 0.303 e. The maximum Gasteiger partial charge on any atom is 0.123 e. The van der Waals surface area contributed by atoms with E-state index in [1.165, 1.54) is 5.57 Å². The van der Waals surface area contributed by atoms with Crippen LogP contribution in [-0.4, -0.2) is 6.29 Å². The van der Waals surface area contributed by atoms with E-state index in [9.17, 15) is 4.79 Å². The number of hydrogen-bond donors (Lipinski definition) is 0. The van der Waals surface area contributed by atoms with Gasteiger partial charge in [-0.2, -0.15) is 0 Å². The van der Waals surface area contributed by atoms with Crippen molar-refractivity contribution in [2.24, 2.45) is 17.8 Å². The fourth-order valence-corrected chi connectivity index (χ4v) is 1.69. The lowest BCUT2D eigenvalue weighted by molar-refractivity contribution is -0.112. The molecule has 3 atom stereocenters. The smallest absolute Gasteiger partial charge is 0.123 e. The molecule has 0 N–H and O–H groups in total. The highest BCUT2D eigenvalue weighted by Crippen LogP contribution is 2.32. The number of hydrogen-bond acceptors (Lipinski definition) is 1. The van der Waals surface area contributed by atoms with Crippen molar-refractivity contribution in [1.82, 2.24) is 0 Å². The second-order valence-corrected chi connectivity index (χ2v) is 3.63. The third kappa shape index (κ3) is 1.52. The highest BCUT2D eigenvalue weighted by molar-refractivity contribution is 5.55. The molecule has 1 aliphatic carbocycles. The van der Waals surface area contributed by atoms with E-state index in [1.807, 2.05) is 0 Å². The molecule has 0 amide bonds. The van der Waals surface area contributed by atoms with Crippen molar-refractivity contribution in [3.8, 4) is 0 Å². The normalized spacial score (nSPS) is 38.1. The quantitative estimate of drug-likeness (QED) is 0.416. The Kier molecular flexibility index (Phi) is 2.48. The number of carbonyl (C=O) groups excluding carboxylic acids is 1. The van der Waals surface area contributed by atoms with Crippen LogP contribution in [0.1, 0.15) is 27.2 Å². The first-order chi connectivity index (χ1) is 5.16. The Morgan fingerprint density at radius 2 is 2.18 bits per heavy atom. The molecule has 0 saturated heterocycles. The predicted molar refractivity (Wildman–Crippen MR) is 46.3 cm³/mol. The number of rotatable bonds is 1. The summed E-state index contributed by atoms with van der Waals surface area (Å²) < 4.78 is 0. The molecule has 1 heteroatoms. The molecule has 0 aromatic rings. The van der Waals surface area contributed by atoms with Gasteiger partial charge in [0.05, 0.1) is 0 Å². The fraction of sp³-hybridized carbons (Fsp3) is 0.700. The number of aldehydes is 1. The van der Waals surface area contributed by atoms with Crippen LogP contribution >= 0.6 is 0 Å². The van der Waals surface area contributed by atoms with E-state index in [0.717, 1.165) is 12.7 Å². The SMILES string of the molecule is CC1=CCC(C=O)C(C)C1C. The minimum Gasteiger partial charge on any atom is -0.303 e. The van der Waals surface area contributed by atoms with E-state index in [2.05, 4.69) is 26.8 Å². The summed E-state index contributed by atoms with van der Waals surface area (Å²) in [6.07, 6.45) is 4.24. The first kappa shape index (κ1) is 8.51. The molecule has 1 nitrogen and oxygen atoms in total. The zero-order valence-electron chi connectivity index (χ0n) is 7.50. The van der Waals surface area contributed by atoms with E-state index < -0.39 is 0 Å². The van der Waals surface area contributed by atoms with E-state index in [4.69, 9.17) is 0 Å². The predicted octanol–water partition coefficient (Wildman–Crippen LogP) is 2.42. The molecule has 3 unspecified atom stereocenters. The maximum absolute atomic E-state index is 10.6. The topological polar surface area (TPSA) is 17.1 Å². The summed E-state index contributed by atoms with van der Waals surface area (Å²) in [6, 6.07) is 0. The molecule has 0 aliphatic heterocycles. The van der Waals surface area contributed by atoms with Gasteiger partial charge in [-0.3, -0.25) is 0 Å². The Bertz CT molecular complexity index is 179. The monoisotopic (exact) mass is 152 g/mol. The van der Waals surface area contributed by atoms with E-state index >= 15 is 0 Å². The van der Waals surface area contributed by atoms with Gasteiger partial charge in [0, 0.05) is 5.92 Å². The van der Waals surface area contributed by atoms with Crippen LogP contribution in [0, 0.1) is 17.8 Å². The van der Waals surface area contributed by atoms with Gasteiger partial charge in [0.1, 0.15) is 6.29 Å². The summed E-state index contributed by atoms with van der Waals surface area (Å²) in [5.41, 5.74) is 1.44. The minimum absolute atomic E-state index is 0.258. The number of allylic oxidation sites excluding steroid dienone is 2. The lowest BCUT2D eigenvalue weighted by atomic mass is 9.75. The van der Waals surface area contributed by atoms with Gasteiger partial charge < -0.3 is 4.79 Å². The summed E-state index contributed by atoms with van der Waals surface area (Å²) in [4.78, 5) is 10.6. The molecular formula is C10H16O. The highest BCUT2D eigenvalue weighted by Gasteiger charge is 2.26. The molecule has 0 fully saturated rings. The first-order valence-corrected chi connectivity index (χ1v) is 4.28. The first-order valence-electron chi connectivity index (χ1n) is 4.28. The molecule has 1 aliphatic rings. The lowest BCUT2D eigenvalue weighted by Crippen LogP contribution is -2.24. The van der Waals surface area contributed by atoms with Crippen molar-refractivity contribution in [3.05, 3.63) is 11.6 Å². The highest BCUT2D eigenvalue weighted by atomic mass is 16.1. The molecule has 0 spiro atoms. The van der Waals surface area contributed by atoms with E-state index in [1.54, 1.807) is 0 Å². The zero-order chi connectivity index (χ0) is 8.43. The zero-order valence-corrected chi connectivity index (χ0v) is 7.50. The van der Waals surface area contributed by atoms with Crippen LogP contribution in [0.4, 0.5) is 0 Å². The van der Waals surface area contributed by atoms with Crippen molar-refractivity contribution in [1.29, 1.82) is 0 Å². The molecule has 0 radical (unpaired) electrons. The summed E-state index contributed by atoms with van der Waals surface area (Å²) in [5.74, 6) is 1.37. The van der Waals surface area contributed by atoms with Gasteiger partial charge in [-0.1, -0.05) is 25.5 Å². The molecule has 0 saturated carbocycles. The Balaban J connectivity index is 2.75. The Morgan fingerprint density at radius 3 is 2.73 bits per heavy atom. The van der Waals surface area contributed by atoms with Crippen molar-refractivity contribution < 1.29 is 4.79 Å². The van der Waals surface area contributed by atoms with Gasteiger partial charge in [0.25, 0.3) is 0 Å². The Labute approximate surface area is 68.5 Å². The van der Waals surface area contributed by atoms with Crippen LogP contribution in [0.2, 0.25) is 0 Å². The Morgan fingerprint density at radius 1 is 1.55 bits per heavy atom. The average molecular weight is 152 g/mol. The van der Waals surface area contributed by atoms with Crippen LogP contribution < -0.4 is 0 Å². The van der Waals surface area contributed by atoms with Gasteiger partial charge in [0.15, 0.2) is 0 Å². The second-order valence-electron chi connectivity index (χ2n) is 3.63. The van der Waals surface area contributed by atoms with Crippen LogP contribution in [-0.2, 0) is 4.79 Å². The molecule has 11 heavy (non-hydrogen) atoms. The molecule has 0 bridgehead atoms. The van der Waals surface area contributed by atoms with Crippen molar-refractivity contribution in [2.75, 3.05) is 0 Å². The van der Waals surface area contributed by atoms with Gasteiger partial charge in [-0.15, -0.1) is 0 Å². The van der Waals surface area contributed by atoms with Crippen LogP contribution in [0.15, 0.2) is 11.6 Å². The average Bonchev–Trinajstić information content (AvgIpc) is 2.01. The fourth-order valence-electron chi connectivity index (χ4n) is 1.69. The van der Waals surface area contributed by atoms with Crippen LogP contribution in [0.5, 0.6) is 0 Å². The minimum atomic E-state index is 0.258. The summed E-state index contributed by atoms with van der Waals surface area (Å²) in [6.45, 7) is 6.52. The number of carbonyl (C=O) groups is 1. The van der Waals surface area contributed by atoms with Crippen LogP contribution in [0.3, 0.4) is 0 Å². The summed E-state index contributed by atoms with van der Waals surface area (Å²) in [5, 5.41) is 0. The molecule has 1 rings (SSSR count). The summed E-state index contributed by atoms with van der Waals surface area (Å²) in [7, 11) is 0. The van der Waals surface area contributed by atoms with Gasteiger partial charge in [-0.05, 0) is 25.2 Å². The molecule has 0 aromatic carbocycles. The molecule has 62 valence electrons. The van der Waals surface area contributed by atoms with Gasteiger partial charge in [-0.25, -0.2) is 0 Å². The van der Waals surface area contributed by atoms with Crippen LogP contribution in [0.25, 0.3) is 0 Å².